The second kappa shape index (κ2) is 7.40. The van der Waals surface area contributed by atoms with Gasteiger partial charge < -0.3 is 15.3 Å². The Labute approximate surface area is 121 Å². The summed E-state index contributed by atoms with van der Waals surface area (Å²) in [6, 6.07) is 12.3. The summed E-state index contributed by atoms with van der Waals surface area (Å²) in [7, 11) is 0. The predicted octanol–water partition coefficient (Wildman–Crippen LogP) is 3.70. The monoisotopic (exact) mass is 294 g/mol. The number of aromatic carboxylic acids is 1. The number of hydrogen-bond donors (Lipinski definition) is 3. The topological polar surface area (TPSA) is 77.8 Å². The molecule has 0 saturated carbocycles. The first-order chi connectivity index (χ1) is 9.45. The van der Waals surface area contributed by atoms with E-state index >= 15 is 0 Å². The van der Waals surface area contributed by atoms with Crippen LogP contribution in [0.5, 0.6) is 11.5 Å². The molecule has 0 aliphatic carbocycles. The highest BCUT2D eigenvalue weighted by atomic mass is 35.5. The van der Waals surface area contributed by atoms with Crippen LogP contribution in [0.25, 0.3) is 0 Å². The molecule has 0 bridgehead atoms. The van der Waals surface area contributed by atoms with Crippen LogP contribution in [0.15, 0.2) is 42.5 Å². The van der Waals surface area contributed by atoms with Crippen molar-refractivity contribution in [2.24, 2.45) is 0 Å². The van der Waals surface area contributed by atoms with Gasteiger partial charge in [0.25, 0.3) is 0 Å². The highest BCUT2D eigenvalue weighted by molar-refractivity contribution is 6.32. The molecule has 106 valence electrons. The number of benzene rings is 2. The molecule has 0 spiro atoms. The van der Waals surface area contributed by atoms with E-state index < -0.39 is 11.7 Å². The van der Waals surface area contributed by atoms with Crippen LogP contribution in [0.3, 0.4) is 0 Å². The molecule has 0 unspecified atom stereocenters. The fourth-order valence-electron chi connectivity index (χ4n) is 1.44. The van der Waals surface area contributed by atoms with Gasteiger partial charge in [-0.2, -0.15) is 0 Å². The number of carbonyl (C=O) groups is 1. The molecule has 0 radical (unpaired) electrons. The highest BCUT2D eigenvalue weighted by Gasteiger charge is 2.12. The van der Waals surface area contributed by atoms with Crippen molar-refractivity contribution in [1.82, 2.24) is 0 Å². The molecule has 0 heterocycles. The van der Waals surface area contributed by atoms with Gasteiger partial charge in [-0.15, -0.1) is 0 Å². The third kappa shape index (κ3) is 4.48. The first-order valence-corrected chi connectivity index (χ1v) is 6.32. The molecular weight excluding hydrogens is 280 g/mol. The normalized spacial score (nSPS) is 9.50. The van der Waals surface area contributed by atoms with Crippen molar-refractivity contribution in [3.63, 3.8) is 0 Å². The zero-order valence-electron chi connectivity index (χ0n) is 10.9. The van der Waals surface area contributed by atoms with Crippen LogP contribution in [0, 0.1) is 0 Å². The standard InChI is InChI=1S/C8H10.C7H5ClO4/c1-2-8-6-4-3-5-7-8;8-4-1-3(7(11)12)5(9)2-6(4)10/h3-7H,2H2,1H3;1-2,9-10H,(H,11,12). The average Bonchev–Trinajstić information content (AvgIpc) is 2.44. The van der Waals surface area contributed by atoms with E-state index in [-0.39, 0.29) is 16.3 Å². The lowest BCUT2D eigenvalue weighted by atomic mass is 10.2. The zero-order chi connectivity index (χ0) is 15.1. The van der Waals surface area contributed by atoms with E-state index in [1.165, 1.54) is 5.56 Å². The predicted molar refractivity (Wildman–Crippen MR) is 77.6 cm³/mol. The lowest BCUT2D eigenvalue weighted by Gasteiger charge is -2.01. The first-order valence-electron chi connectivity index (χ1n) is 5.94. The summed E-state index contributed by atoms with van der Waals surface area (Å²) in [5.74, 6) is -2.15. The third-order valence-corrected chi connectivity index (χ3v) is 2.85. The maximum absolute atomic E-state index is 10.4. The summed E-state index contributed by atoms with van der Waals surface area (Å²) in [5.41, 5.74) is 1.07. The molecule has 3 N–H and O–H groups in total. The summed E-state index contributed by atoms with van der Waals surface area (Å²) in [4.78, 5) is 10.4. The molecule has 0 saturated heterocycles. The summed E-state index contributed by atoms with van der Waals surface area (Å²) in [5, 5.41) is 26.3. The number of hydrogen-bond acceptors (Lipinski definition) is 3. The first kappa shape index (κ1) is 15.9. The van der Waals surface area contributed by atoms with Crippen LogP contribution in [-0.2, 0) is 6.42 Å². The quantitative estimate of drug-likeness (QED) is 0.789. The van der Waals surface area contributed by atoms with E-state index in [9.17, 15) is 4.79 Å². The van der Waals surface area contributed by atoms with Crippen LogP contribution in [0.4, 0.5) is 0 Å². The molecule has 0 aliphatic rings. The zero-order valence-corrected chi connectivity index (χ0v) is 11.6. The van der Waals surface area contributed by atoms with Crippen molar-refractivity contribution in [3.05, 3.63) is 58.6 Å². The number of aryl methyl sites for hydroxylation is 1. The Morgan fingerprint density at radius 2 is 1.70 bits per heavy atom. The third-order valence-electron chi connectivity index (χ3n) is 2.55. The molecule has 0 aliphatic heterocycles. The van der Waals surface area contributed by atoms with E-state index in [0.29, 0.717) is 0 Å². The Morgan fingerprint density at radius 3 is 2.15 bits per heavy atom. The van der Waals surface area contributed by atoms with Gasteiger partial charge in [-0.25, -0.2) is 4.79 Å². The number of halogens is 1. The molecule has 0 amide bonds. The van der Waals surface area contributed by atoms with Gasteiger partial charge in [-0.05, 0) is 18.1 Å². The van der Waals surface area contributed by atoms with Gasteiger partial charge in [0.2, 0.25) is 0 Å². The van der Waals surface area contributed by atoms with Crippen molar-refractivity contribution in [2.75, 3.05) is 0 Å². The Kier molecular flexibility index (Phi) is 5.87. The summed E-state index contributed by atoms with van der Waals surface area (Å²) >= 11 is 5.41. The average molecular weight is 295 g/mol. The maximum Gasteiger partial charge on any atom is 0.339 e. The van der Waals surface area contributed by atoms with Crippen molar-refractivity contribution in [3.8, 4) is 11.5 Å². The second-order valence-electron chi connectivity index (χ2n) is 3.97. The van der Waals surface area contributed by atoms with Gasteiger partial charge >= 0.3 is 5.97 Å². The van der Waals surface area contributed by atoms with Gasteiger partial charge in [0.1, 0.15) is 17.1 Å². The molecule has 20 heavy (non-hydrogen) atoms. The van der Waals surface area contributed by atoms with Crippen LogP contribution >= 0.6 is 11.6 Å². The Hall–Kier alpha value is -2.20. The Morgan fingerprint density at radius 1 is 1.10 bits per heavy atom. The molecule has 0 atom stereocenters. The number of carboxylic acids is 1. The Balaban J connectivity index is 0.000000217. The van der Waals surface area contributed by atoms with E-state index in [2.05, 4.69) is 31.2 Å². The van der Waals surface area contributed by atoms with Crippen LogP contribution in [0.1, 0.15) is 22.8 Å². The lowest BCUT2D eigenvalue weighted by molar-refractivity contribution is 0.0693. The fraction of sp³-hybridized carbons (Fsp3) is 0.133. The van der Waals surface area contributed by atoms with Crippen LogP contribution in [-0.4, -0.2) is 21.3 Å². The van der Waals surface area contributed by atoms with Crippen molar-refractivity contribution in [1.29, 1.82) is 0 Å². The Bertz CT molecular complexity index is 582. The minimum Gasteiger partial charge on any atom is -0.507 e. The molecular formula is C15H15ClO4. The SMILES string of the molecule is CCc1ccccc1.O=C(O)c1cc(Cl)c(O)cc1O. The van der Waals surface area contributed by atoms with E-state index in [4.69, 9.17) is 26.9 Å². The van der Waals surface area contributed by atoms with Crippen molar-refractivity contribution < 1.29 is 20.1 Å². The van der Waals surface area contributed by atoms with E-state index in [0.717, 1.165) is 18.6 Å². The van der Waals surface area contributed by atoms with E-state index in [1.807, 2.05) is 6.07 Å². The molecule has 0 fully saturated rings. The van der Waals surface area contributed by atoms with E-state index in [1.54, 1.807) is 0 Å². The fourth-order valence-corrected chi connectivity index (χ4v) is 1.60. The maximum atomic E-state index is 10.4. The van der Waals surface area contributed by atoms with Crippen LogP contribution < -0.4 is 0 Å². The van der Waals surface area contributed by atoms with Crippen molar-refractivity contribution in [2.45, 2.75) is 13.3 Å². The highest BCUT2D eigenvalue weighted by Crippen LogP contribution is 2.30. The summed E-state index contributed by atoms with van der Waals surface area (Å²) in [6.07, 6.45) is 1.14. The van der Waals surface area contributed by atoms with Gasteiger partial charge in [-0.1, -0.05) is 48.9 Å². The number of phenolic OH excluding ortho intramolecular Hbond substituents is 1. The number of carboxylic acid groups (broad SMARTS) is 1. The largest absolute Gasteiger partial charge is 0.507 e. The molecule has 5 heteroatoms. The molecule has 2 aromatic carbocycles. The van der Waals surface area contributed by atoms with Crippen LogP contribution in [0.2, 0.25) is 5.02 Å². The summed E-state index contributed by atoms with van der Waals surface area (Å²) < 4.78 is 0. The lowest BCUT2D eigenvalue weighted by Crippen LogP contribution is -1.96. The number of rotatable bonds is 2. The van der Waals surface area contributed by atoms with Gasteiger partial charge in [-0.3, -0.25) is 0 Å². The summed E-state index contributed by atoms with van der Waals surface area (Å²) in [6.45, 7) is 2.16. The number of aromatic hydroxyl groups is 2. The second-order valence-corrected chi connectivity index (χ2v) is 4.37. The smallest absolute Gasteiger partial charge is 0.339 e. The molecule has 4 nitrogen and oxygen atoms in total. The molecule has 0 aromatic heterocycles. The van der Waals surface area contributed by atoms with Gasteiger partial charge in [0, 0.05) is 6.07 Å². The minimum atomic E-state index is -1.30. The van der Waals surface area contributed by atoms with Crippen molar-refractivity contribution >= 4 is 17.6 Å². The van der Waals surface area contributed by atoms with Gasteiger partial charge in [0.15, 0.2) is 0 Å². The minimum absolute atomic E-state index is 0.106. The van der Waals surface area contributed by atoms with Gasteiger partial charge in [0.05, 0.1) is 5.02 Å². The molecule has 2 rings (SSSR count). The number of phenols is 2. The molecule has 2 aromatic rings.